The number of nitrogens with one attached hydrogen (secondary N) is 1. The third-order valence-electron chi connectivity index (χ3n) is 4.91. The van der Waals surface area contributed by atoms with Crippen molar-refractivity contribution < 1.29 is 19.0 Å². The van der Waals surface area contributed by atoms with Crippen molar-refractivity contribution in [2.75, 3.05) is 19.2 Å². The van der Waals surface area contributed by atoms with Crippen molar-refractivity contribution in [2.24, 2.45) is 0 Å². The molecule has 3 heterocycles. The molecule has 0 unspecified atom stereocenters. The molecule has 2 aliphatic rings. The Morgan fingerprint density at radius 1 is 1.19 bits per heavy atom. The molecule has 7 heteroatoms. The lowest BCUT2D eigenvalue weighted by Crippen LogP contribution is -2.25. The minimum absolute atomic E-state index is 0.0546. The number of nitrogens with zero attached hydrogens (tertiary/aromatic N) is 2. The summed E-state index contributed by atoms with van der Waals surface area (Å²) in [5.41, 5.74) is 2.84. The fourth-order valence-corrected chi connectivity index (χ4v) is 3.62. The molecule has 136 valence electrons. The van der Waals surface area contributed by atoms with Crippen molar-refractivity contribution in [3.8, 4) is 22.9 Å². The Labute approximate surface area is 155 Å². The number of ether oxygens (including phenoxy) is 3. The van der Waals surface area contributed by atoms with Gasteiger partial charge < -0.3 is 24.1 Å². The molecule has 0 saturated carbocycles. The Balaban J connectivity index is 1.63. The lowest BCUT2D eigenvalue weighted by Gasteiger charge is -2.25. The minimum Gasteiger partial charge on any atom is -0.497 e. The molecule has 1 atom stereocenters. The zero-order chi connectivity index (χ0) is 18.4. The summed E-state index contributed by atoms with van der Waals surface area (Å²) in [6.07, 6.45) is 2.06. The number of carbonyl (C=O) groups excluding carboxylic acids is 1. The number of fused-ring (bicyclic) bond motifs is 2. The zero-order valence-corrected chi connectivity index (χ0v) is 14.6. The average Bonchev–Trinajstić information content (AvgIpc) is 3.33. The molecule has 1 amide bonds. The molecule has 0 saturated heterocycles. The van der Waals surface area contributed by atoms with Crippen LogP contribution in [0.25, 0.3) is 5.69 Å². The van der Waals surface area contributed by atoms with Gasteiger partial charge in [0.05, 0.1) is 18.5 Å². The summed E-state index contributed by atoms with van der Waals surface area (Å²) >= 11 is 0. The van der Waals surface area contributed by atoms with E-state index in [1.165, 1.54) is 0 Å². The van der Waals surface area contributed by atoms with Gasteiger partial charge in [0.25, 0.3) is 0 Å². The smallest absolute Gasteiger partial charge is 0.231 e. The molecule has 0 aliphatic carbocycles. The second kappa shape index (κ2) is 6.05. The molecule has 5 rings (SSSR count). The lowest BCUT2D eigenvalue weighted by molar-refractivity contribution is -0.116. The van der Waals surface area contributed by atoms with Crippen LogP contribution >= 0.6 is 0 Å². The third-order valence-corrected chi connectivity index (χ3v) is 4.91. The molecule has 1 aromatic heterocycles. The van der Waals surface area contributed by atoms with Crippen molar-refractivity contribution in [3.63, 3.8) is 0 Å². The summed E-state index contributed by atoms with van der Waals surface area (Å²) in [7, 11) is 1.64. The summed E-state index contributed by atoms with van der Waals surface area (Å²) in [5.74, 6) is 2.57. The van der Waals surface area contributed by atoms with Crippen LogP contribution in [0, 0.1) is 0 Å². The second-order valence-corrected chi connectivity index (χ2v) is 6.47. The summed E-state index contributed by atoms with van der Waals surface area (Å²) < 4.78 is 18.2. The maximum absolute atomic E-state index is 12.3. The predicted molar refractivity (Wildman–Crippen MR) is 97.8 cm³/mol. The van der Waals surface area contributed by atoms with Gasteiger partial charge in [0.15, 0.2) is 17.3 Å². The van der Waals surface area contributed by atoms with Crippen LogP contribution in [0.1, 0.15) is 23.6 Å². The van der Waals surface area contributed by atoms with Gasteiger partial charge in [0.2, 0.25) is 12.7 Å². The molecule has 0 radical (unpaired) electrons. The Morgan fingerprint density at radius 2 is 2.07 bits per heavy atom. The van der Waals surface area contributed by atoms with E-state index in [2.05, 4.69) is 10.3 Å². The van der Waals surface area contributed by atoms with E-state index >= 15 is 0 Å². The molecule has 0 fully saturated rings. The quantitative estimate of drug-likeness (QED) is 0.774. The van der Waals surface area contributed by atoms with Gasteiger partial charge in [-0.05, 0) is 29.8 Å². The van der Waals surface area contributed by atoms with E-state index in [9.17, 15) is 4.79 Å². The highest BCUT2D eigenvalue weighted by molar-refractivity contribution is 5.94. The van der Waals surface area contributed by atoms with E-state index in [0.29, 0.717) is 18.0 Å². The highest BCUT2D eigenvalue weighted by atomic mass is 16.7. The molecular formula is C20H17N3O4. The van der Waals surface area contributed by atoms with Crippen LogP contribution in [-0.4, -0.2) is 29.4 Å². The van der Waals surface area contributed by atoms with Crippen molar-refractivity contribution >= 4 is 11.7 Å². The normalized spacial score (nSPS) is 17.4. The van der Waals surface area contributed by atoms with E-state index < -0.39 is 0 Å². The predicted octanol–water partition coefficient (Wildman–Crippen LogP) is 3.08. The van der Waals surface area contributed by atoms with Crippen LogP contribution in [-0.2, 0) is 4.79 Å². The second-order valence-electron chi connectivity index (χ2n) is 6.47. The molecule has 7 nitrogen and oxygen atoms in total. The summed E-state index contributed by atoms with van der Waals surface area (Å²) in [5, 5.41) is 2.87. The largest absolute Gasteiger partial charge is 0.497 e. The lowest BCUT2D eigenvalue weighted by atomic mass is 9.89. The van der Waals surface area contributed by atoms with Crippen LogP contribution in [0.3, 0.4) is 0 Å². The van der Waals surface area contributed by atoms with E-state index in [1.807, 2.05) is 47.0 Å². The number of carbonyl (C=O) groups is 1. The van der Waals surface area contributed by atoms with Crippen LogP contribution in [0.15, 0.2) is 48.8 Å². The topological polar surface area (TPSA) is 74.6 Å². The maximum Gasteiger partial charge on any atom is 0.231 e. The SMILES string of the molecule is COc1cccc(-n2cnc3c2[C@H](c2ccc4c(c2)OCO4)CC(=O)N3)c1. The molecule has 2 aromatic carbocycles. The maximum atomic E-state index is 12.3. The monoisotopic (exact) mass is 363 g/mol. The molecule has 0 bridgehead atoms. The number of hydrogen-bond donors (Lipinski definition) is 1. The summed E-state index contributed by atoms with van der Waals surface area (Å²) in [6.45, 7) is 0.219. The first-order valence-electron chi connectivity index (χ1n) is 8.64. The first kappa shape index (κ1) is 15.7. The molecular weight excluding hydrogens is 346 g/mol. The average molecular weight is 363 g/mol. The van der Waals surface area contributed by atoms with Crippen LogP contribution in [0.2, 0.25) is 0 Å². The minimum atomic E-state index is -0.142. The van der Waals surface area contributed by atoms with Gasteiger partial charge in [-0.3, -0.25) is 4.79 Å². The number of methoxy groups -OCH3 is 1. The fourth-order valence-electron chi connectivity index (χ4n) is 3.62. The Kier molecular flexibility index (Phi) is 3.53. The van der Waals surface area contributed by atoms with Gasteiger partial charge in [-0.15, -0.1) is 0 Å². The van der Waals surface area contributed by atoms with Crippen LogP contribution in [0.5, 0.6) is 17.2 Å². The molecule has 1 N–H and O–H groups in total. The van der Waals surface area contributed by atoms with Crippen LogP contribution < -0.4 is 19.5 Å². The van der Waals surface area contributed by atoms with Crippen molar-refractivity contribution in [1.29, 1.82) is 0 Å². The zero-order valence-electron chi connectivity index (χ0n) is 14.6. The van der Waals surface area contributed by atoms with Gasteiger partial charge in [-0.25, -0.2) is 4.98 Å². The Morgan fingerprint density at radius 3 is 2.96 bits per heavy atom. The van der Waals surface area contributed by atoms with Gasteiger partial charge in [0.1, 0.15) is 12.1 Å². The number of anilines is 1. The van der Waals surface area contributed by atoms with Gasteiger partial charge in [-0.1, -0.05) is 12.1 Å². The van der Waals surface area contributed by atoms with Crippen molar-refractivity contribution in [1.82, 2.24) is 9.55 Å². The highest BCUT2D eigenvalue weighted by Crippen LogP contribution is 2.41. The van der Waals surface area contributed by atoms with Gasteiger partial charge >= 0.3 is 0 Å². The molecule has 2 aliphatic heterocycles. The first-order chi connectivity index (χ1) is 13.2. The number of benzene rings is 2. The third kappa shape index (κ3) is 2.59. The Bertz CT molecular complexity index is 1040. The number of aromatic nitrogens is 2. The first-order valence-corrected chi connectivity index (χ1v) is 8.64. The number of amides is 1. The van der Waals surface area contributed by atoms with E-state index in [-0.39, 0.29) is 18.6 Å². The standard InChI is InChI=1S/C20H17N3O4/c1-25-14-4-2-3-13(8-14)23-10-21-20-19(23)15(9-18(24)22-20)12-5-6-16-17(7-12)27-11-26-16/h2-8,10,15H,9,11H2,1H3,(H,22,24)/t15-/m0/s1. The van der Waals surface area contributed by atoms with Crippen molar-refractivity contribution in [2.45, 2.75) is 12.3 Å². The number of hydrogen-bond acceptors (Lipinski definition) is 5. The van der Waals surface area contributed by atoms with E-state index in [0.717, 1.165) is 28.4 Å². The number of imidazole rings is 1. The summed E-state index contributed by atoms with van der Waals surface area (Å²) in [6, 6.07) is 13.5. The van der Waals surface area contributed by atoms with Crippen LogP contribution in [0.4, 0.5) is 5.82 Å². The van der Waals surface area contributed by atoms with Gasteiger partial charge in [0, 0.05) is 18.4 Å². The molecule has 27 heavy (non-hydrogen) atoms. The highest BCUT2D eigenvalue weighted by Gasteiger charge is 2.32. The Hall–Kier alpha value is -3.48. The number of rotatable bonds is 3. The van der Waals surface area contributed by atoms with Gasteiger partial charge in [-0.2, -0.15) is 0 Å². The van der Waals surface area contributed by atoms with E-state index in [1.54, 1.807) is 13.4 Å². The fraction of sp³-hybridized carbons (Fsp3) is 0.200. The van der Waals surface area contributed by atoms with Crippen molar-refractivity contribution in [3.05, 3.63) is 60.0 Å². The molecule has 0 spiro atoms. The molecule has 3 aromatic rings. The van der Waals surface area contributed by atoms with E-state index in [4.69, 9.17) is 14.2 Å². The summed E-state index contributed by atoms with van der Waals surface area (Å²) in [4.78, 5) is 16.7.